The maximum atomic E-state index is 14.7. The Morgan fingerprint density at radius 1 is 1.09 bits per heavy atom. The zero-order valence-electron chi connectivity index (χ0n) is 33.6. The number of fused-ring (bicyclic) bond motifs is 3. The van der Waals surface area contributed by atoms with Gasteiger partial charge < -0.3 is 44.6 Å². The summed E-state index contributed by atoms with van der Waals surface area (Å²) >= 11 is 8.29. The summed E-state index contributed by atoms with van der Waals surface area (Å²) in [6, 6.07) is 3.47. The Labute approximate surface area is 342 Å². The van der Waals surface area contributed by atoms with Gasteiger partial charge in [0.05, 0.1) is 42.6 Å². The number of methoxy groups -OCH3 is 1. The van der Waals surface area contributed by atoms with Crippen LogP contribution in [0.2, 0.25) is 5.02 Å². The number of nitrogens with one attached hydrogen (secondary N) is 3. The number of alkyl carbamates (subject to hydrolysis) is 1. The zero-order valence-corrected chi connectivity index (χ0v) is 35.1. The van der Waals surface area contributed by atoms with Gasteiger partial charge in [0, 0.05) is 42.1 Å². The smallest absolute Gasteiger partial charge is 0.408 e. The first kappa shape index (κ1) is 41.0. The van der Waals surface area contributed by atoms with E-state index in [0.29, 0.717) is 58.1 Å². The number of benzene rings is 1. The SMILES string of the molecule is CCC1C[C@@]1(C=O)NC(=O)[C@@H]1C[C@@H](Oc2cc(-c3csc(NC(C)C)n3)nc3c(Cl)c(OC)ccc23)CN1C(=O)C(NC(=O)O[C@H]1C[C@H]2CC[C@@H](C1)O2)C(C)(C)C. The molecular formula is C41H53ClN6O8S. The van der Waals surface area contributed by atoms with E-state index in [1.807, 2.05) is 53.0 Å². The Balaban J connectivity index is 1.18. The molecule has 3 saturated heterocycles. The number of thiazole rings is 1. The summed E-state index contributed by atoms with van der Waals surface area (Å²) in [6.07, 6.45) is 3.78. The van der Waals surface area contributed by atoms with Crippen molar-refractivity contribution in [1.29, 1.82) is 0 Å². The number of rotatable bonds is 13. The van der Waals surface area contributed by atoms with Crippen molar-refractivity contribution >= 4 is 63.2 Å². The van der Waals surface area contributed by atoms with Crippen LogP contribution in [-0.4, -0.2) is 101 Å². The van der Waals surface area contributed by atoms with Crippen molar-refractivity contribution in [2.45, 2.75) is 135 Å². The van der Waals surface area contributed by atoms with Crippen LogP contribution in [0.15, 0.2) is 23.6 Å². The van der Waals surface area contributed by atoms with Crippen molar-refractivity contribution in [3.8, 4) is 22.9 Å². The summed E-state index contributed by atoms with van der Waals surface area (Å²) in [5.41, 5.74) is -0.169. The Kier molecular flexibility index (Phi) is 11.6. The van der Waals surface area contributed by atoms with E-state index in [-0.39, 0.29) is 43.2 Å². The Morgan fingerprint density at radius 2 is 1.82 bits per heavy atom. The Morgan fingerprint density at radius 3 is 2.46 bits per heavy atom. The highest BCUT2D eigenvalue weighted by molar-refractivity contribution is 7.14. The largest absolute Gasteiger partial charge is 0.495 e. The van der Waals surface area contributed by atoms with E-state index >= 15 is 0 Å². The third kappa shape index (κ3) is 8.66. The number of amides is 3. The summed E-state index contributed by atoms with van der Waals surface area (Å²) < 4.78 is 24.0. The van der Waals surface area contributed by atoms with Crippen LogP contribution < -0.4 is 25.4 Å². The number of aldehydes is 1. The molecule has 1 aliphatic carbocycles. The number of pyridine rings is 1. The highest BCUT2D eigenvalue weighted by Crippen LogP contribution is 2.45. The van der Waals surface area contributed by atoms with Gasteiger partial charge in [-0.15, -0.1) is 11.3 Å². The first-order valence-corrected chi connectivity index (χ1v) is 21.1. The quantitative estimate of drug-likeness (QED) is 0.160. The molecule has 2 aromatic heterocycles. The lowest BCUT2D eigenvalue weighted by Crippen LogP contribution is -2.59. The minimum atomic E-state index is -1.04. The van der Waals surface area contributed by atoms with Crippen molar-refractivity contribution in [3.63, 3.8) is 0 Å². The fourth-order valence-corrected chi connectivity index (χ4v) is 9.51. The standard InChI is InChI=1S/C41H53ClN6O8S/c1-8-22-17-41(22,20-49)47-36(50)30-15-26(18-48(30)37(51)35(40(4,5)6)46-39(52)56-25-13-23-9-10-24(14-25)54-23)55-32-16-28(29-19-57-38(45-29)43-21(2)3)44-34-27(32)11-12-31(53-7)33(34)42/h11-12,16,19-26,30,35H,8-10,13-15,17-18H2,1-7H3,(H,43,45)(H,46,52)(H,47,50)/t22?,23-,24+,25+,26-,30+,35?,41+/m1/s1. The van der Waals surface area contributed by atoms with E-state index in [4.69, 9.17) is 40.5 Å². The van der Waals surface area contributed by atoms with Gasteiger partial charge in [0.1, 0.15) is 52.8 Å². The molecule has 1 saturated carbocycles. The van der Waals surface area contributed by atoms with Crippen LogP contribution in [-0.2, 0) is 23.9 Å². The van der Waals surface area contributed by atoms with Gasteiger partial charge in [-0.1, -0.05) is 45.7 Å². The Hall–Kier alpha value is -4.21. The topological polar surface area (TPSA) is 170 Å². The molecule has 16 heteroatoms. The van der Waals surface area contributed by atoms with Gasteiger partial charge in [-0.25, -0.2) is 14.8 Å². The summed E-state index contributed by atoms with van der Waals surface area (Å²) in [5.74, 6) is -0.0253. The summed E-state index contributed by atoms with van der Waals surface area (Å²) in [7, 11) is 1.53. The van der Waals surface area contributed by atoms with Crippen LogP contribution in [0.25, 0.3) is 22.3 Å². The second-order valence-electron chi connectivity index (χ2n) is 17.2. The number of halogens is 1. The fourth-order valence-electron chi connectivity index (χ4n) is 8.37. The molecule has 0 radical (unpaired) electrons. The van der Waals surface area contributed by atoms with Crippen LogP contribution in [0.4, 0.5) is 9.93 Å². The predicted molar refractivity (Wildman–Crippen MR) is 217 cm³/mol. The molecule has 1 aromatic carbocycles. The third-order valence-corrected chi connectivity index (χ3v) is 12.6. The lowest BCUT2D eigenvalue weighted by Gasteiger charge is -2.36. The van der Waals surface area contributed by atoms with Gasteiger partial charge >= 0.3 is 6.09 Å². The number of hydrogen-bond acceptors (Lipinski definition) is 12. The van der Waals surface area contributed by atoms with Crippen LogP contribution in [0.1, 0.15) is 86.5 Å². The molecule has 4 fully saturated rings. The van der Waals surface area contributed by atoms with E-state index < -0.39 is 47.0 Å². The maximum absolute atomic E-state index is 14.7. The van der Waals surface area contributed by atoms with Crippen molar-refractivity contribution < 1.29 is 38.1 Å². The van der Waals surface area contributed by atoms with E-state index in [2.05, 4.69) is 16.0 Å². The number of carbonyl (C=O) groups is 4. The van der Waals surface area contributed by atoms with Crippen molar-refractivity contribution in [2.24, 2.45) is 11.3 Å². The summed E-state index contributed by atoms with van der Waals surface area (Å²) in [4.78, 5) is 65.7. The van der Waals surface area contributed by atoms with Crippen molar-refractivity contribution in [2.75, 3.05) is 19.0 Å². The van der Waals surface area contributed by atoms with Gasteiger partial charge in [-0.05, 0) is 56.6 Å². The van der Waals surface area contributed by atoms with Gasteiger partial charge in [-0.2, -0.15) is 0 Å². The van der Waals surface area contributed by atoms with Gasteiger partial charge in [-0.3, -0.25) is 9.59 Å². The molecule has 3 N–H and O–H groups in total. The molecular weight excluding hydrogens is 772 g/mol. The molecule has 7 rings (SSSR count). The number of aromatic nitrogens is 2. The maximum Gasteiger partial charge on any atom is 0.408 e. The number of likely N-dealkylation sites (tertiary alicyclic amines) is 1. The summed E-state index contributed by atoms with van der Waals surface area (Å²) in [5, 5.41) is 12.7. The van der Waals surface area contributed by atoms with Gasteiger partial charge in [0.2, 0.25) is 11.8 Å². The zero-order chi connectivity index (χ0) is 40.8. The van der Waals surface area contributed by atoms with Crippen LogP contribution >= 0.6 is 22.9 Å². The van der Waals surface area contributed by atoms with Gasteiger partial charge in [0.15, 0.2) is 5.13 Å². The molecule has 308 valence electrons. The molecule has 3 aliphatic heterocycles. The monoisotopic (exact) mass is 824 g/mol. The van der Waals surface area contributed by atoms with E-state index in [9.17, 15) is 19.2 Å². The molecule has 0 spiro atoms. The molecule has 2 bridgehead atoms. The van der Waals surface area contributed by atoms with Gasteiger partial charge in [0.25, 0.3) is 0 Å². The summed E-state index contributed by atoms with van der Waals surface area (Å²) in [6.45, 7) is 11.6. The van der Waals surface area contributed by atoms with Crippen LogP contribution in [0, 0.1) is 11.3 Å². The number of anilines is 1. The minimum absolute atomic E-state index is 0.0149. The molecule has 2 unspecified atom stereocenters. The molecule has 3 aromatic rings. The van der Waals surface area contributed by atoms with Crippen LogP contribution in [0.5, 0.6) is 11.5 Å². The molecule has 14 nitrogen and oxygen atoms in total. The first-order chi connectivity index (χ1) is 27.1. The normalized spacial score (nSPS) is 27.2. The first-order valence-electron chi connectivity index (χ1n) is 19.9. The number of carbonyl (C=O) groups excluding carboxylic acids is 4. The number of nitrogens with zero attached hydrogens (tertiary/aromatic N) is 3. The second-order valence-corrected chi connectivity index (χ2v) is 18.4. The molecule has 57 heavy (non-hydrogen) atoms. The average molecular weight is 825 g/mol. The highest BCUT2D eigenvalue weighted by atomic mass is 35.5. The lowest BCUT2D eigenvalue weighted by atomic mass is 9.85. The molecule has 4 aliphatic rings. The lowest BCUT2D eigenvalue weighted by molar-refractivity contribution is -0.142. The molecule has 3 amide bonds. The Bertz CT molecular complexity index is 2010. The highest BCUT2D eigenvalue weighted by Gasteiger charge is 2.56. The number of ether oxygens (including phenoxy) is 4. The van der Waals surface area contributed by atoms with E-state index in [1.165, 1.54) is 23.3 Å². The average Bonchev–Trinajstić information content (AvgIpc) is 3.45. The minimum Gasteiger partial charge on any atom is -0.495 e. The van der Waals surface area contributed by atoms with Crippen LogP contribution in [0.3, 0.4) is 0 Å². The van der Waals surface area contributed by atoms with E-state index in [1.54, 1.807) is 12.1 Å². The van der Waals surface area contributed by atoms with E-state index in [0.717, 1.165) is 30.7 Å². The van der Waals surface area contributed by atoms with Crippen molar-refractivity contribution in [1.82, 2.24) is 25.5 Å². The predicted octanol–water partition coefficient (Wildman–Crippen LogP) is 6.52. The second kappa shape index (κ2) is 16.2. The molecule has 5 heterocycles. The fraction of sp³-hybridized carbons (Fsp3) is 0.610. The molecule has 8 atom stereocenters. The third-order valence-electron chi connectivity index (χ3n) is 11.5. The van der Waals surface area contributed by atoms with Crippen molar-refractivity contribution in [3.05, 3.63) is 28.6 Å². The number of hydrogen-bond donors (Lipinski definition) is 3.